The van der Waals surface area contributed by atoms with Gasteiger partial charge in [-0.15, -0.1) is 0 Å². The molecule has 0 bridgehead atoms. The van der Waals surface area contributed by atoms with E-state index in [2.05, 4.69) is 10.6 Å². The molecular weight excluding hydrogens is 274 g/mol. The molecule has 0 aromatic rings. The minimum Gasteiger partial charge on any atom is -0.481 e. The monoisotopic (exact) mass is 297 g/mol. The summed E-state index contributed by atoms with van der Waals surface area (Å²) in [6.45, 7) is 1.48. The number of nitrogens with one attached hydrogen (secondary N) is 2. The van der Waals surface area contributed by atoms with Crippen molar-refractivity contribution in [3.05, 3.63) is 0 Å². The van der Waals surface area contributed by atoms with Crippen molar-refractivity contribution in [3.63, 3.8) is 0 Å². The summed E-state index contributed by atoms with van der Waals surface area (Å²) in [6.07, 6.45) is 5.00. The summed E-state index contributed by atoms with van der Waals surface area (Å²) in [7, 11) is 0. The van der Waals surface area contributed by atoms with E-state index in [1.807, 2.05) is 0 Å². The van der Waals surface area contributed by atoms with Crippen LogP contribution in [0, 0.1) is 5.92 Å². The van der Waals surface area contributed by atoms with Crippen molar-refractivity contribution in [1.29, 1.82) is 0 Å². The first-order valence-corrected chi connectivity index (χ1v) is 7.60. The molecule has 1 unspecified atom stereocenters. The van der Waals surface area contributed by atoms with E-state index < -0.39 is 12.0 Å². The van der Waals surface area contributed by atoms with Crippen molar-refractivity contribution in [2.45, 2.75) is 44.6 Å². The molecule has 2 fully saturated rings. The molecule has 2 rings (SSSR count). The lowest BCUT2D eigenvalue weighted by atomic mass is 10.1. The second kappa shape index (κ2) is 7.28. The molecule has 7 heteroatoms. The number of aliphatic carboxylic acids is 1. The van der Waals surface area contributed by atoms with Crippen LogP contribution in [0.15, 0.2) is 0 Å². The normalized spacial score (nSPS) is 19.7. The summed E-state index contributed by atoms with van der Waals surface area (Å²) in [6, 6.07) is -0.800. The number of rotatable bonds is 6. The molecular formula is C14H23N3O4. The molecule has 0 spiro atoms. The van der Waals surface area contributed by atoms with E-state index in [0.29, 0.717) is 0 Å². The number of carbonyl (C=O) groups excluding carboxylic acids is 2. The largest absolute Gasteiger partial charge is 0.481 e. The molecule has 0 radical (unpaired) electrons. The lowest BCUT2D eigenvalue weighted by molar-refractivity contribution is -0.137. The molecule has 1 saturated heterocycles. The van der Waals surface area contributed by atoms with E-state index >= 15 is 0 Å². The van der Waals surface area contributed by atoms with Gasteiger partial charge in [-0.05, 0) is 38.0 Å². The van der Waals surface area contributed by atoms with Gasteiger partial charge in [0.1, 0.15) is 0 Å². The average Bonchev–Trinajstić information content (AvgIpc) is 3.29. The number of carboxylic acids is 1. The molecule has 1 aliphatic heterocycles. The van der Waals surface area contributed by atoms with Crippen molar-refractivity contribution in [2.24, 2.45) is 5.92 Å². The molecule has 7 nitrogen and oxygen atoms in total. The standard InChI is InChI=1S/C14H23N3O4/c18-12(17-6-2-1-3-7-17)9-15-14(21)16-11(8-13(19)20)10-4-5-10/h10-11H,1-9H2,(H,19,20)(H2,15,16,21). The molecule has 1 heterocycles. The fourth-order valence-electron chi connectivity index (χ4n) is 2.65. The number of urea groups is 1. The predicted molar refractivity (Wildman–Crippen MR) is 75.7 cm³/mol. The average molecular weight is 297 g/mol. The maximum atomic E-state index is 11.9. The molecule has 0 aromatic heterocycles. The Kier molecular flexibility index (Phi) is 5.41. The van der Waals surface area contributed by atoms with Gasteiger partial charge in [-0.3, -0.25) is 9.59 Å². The van der Waals surface area contributed by atoms with E-state index in [1.165, 1.54) is 0 Å². The molecule has 3 N–H and O–H groups in total. The van der Waals surface area contributed by atoms with Crippen molar-refractivity contribution in [3.8, 4) is 0 Å². The highest BCUT2D eigenvalue weighted by Gasteiger charge is 2.33. The fourth-order valence-corrected chi connectivity index (χ4v) is 2.65. The van der Waals surface area contributed by atoms with Gasteiger partial charge in [-0.2, -0.15) is 0 Å². The lowest BCUT2D eigenvalue weighted by Crippen LogP contribution is -2.48. The van der Waals surface area contributed by atoms with Gasteiger partial charge >= 0.3 is 12.0 Å². The second-order valence-electron chi connectivity index (χ2n) is 5.81. The zero-order valence-corrected chi connectivity index (χ0v) is 12.1. The topological polar surface area (TPSA) is 98.7 Å². The van der Waals surface area contributed by atoms with Crippen molar-refractivity contribution in [2.75, 3.05) is 19.6 Å². The maximum absolute atomic E-state index is 11.9. The minimum absolute atomic E-state index is 0.0315. The first-order valence-electron chi connectivity index (χ1n) is 7.60. The molecule has 2 aliphatic rings. The van der Waals surface area contributed by atoms with Gasteiger partial charge in [-0.25, -0.2) is 4.79 Å². The molecule has 1 saturated carbocycles. The lowest BCUT2D eigenvalue weighted by Gasteiger charge is -2.27. The molecule has 1 atom stereocenters. The SMILES string of the molecule is O=C(O)CC(NC(=O)NCC(=O)N1CCCCC1)C1CC1. The van der Waals surface area contributed by atoms with Gasteiger partial charge < -0.3 is 20.6 Å². The predicted octanol–water partition coefficient (Wildman–Crippen LogP) is 0.551. The Morgan fingerprint density at radius 3 is 2.38 bits per heavy atom. The van der Waals surface area contributed by atoms with E-state index in [4.69, 9.17) is 5.11 Å². The summed E-state index contributed by atoms with van der Waals surface area (Å²) >= 11 is 0. The second-order valence-corrected chi connectivity index (χ2v) is 5.81. The van der Waals surface area contributed by atoms with Crippen LogP contribution < -0.4 is 10.6 Å². The number of hydrogen-bond acceptors (Lipinski definition) is 3. The van der Waals surface area contributed by atoms with Crippen LogP contribution in [0.4, 0.5) is 4.79 Å². The Balaban J connectivity index is 1.70. The molecule has 21 heavy (non-hydrogen) atoms. The highest BCUT2D eigenvalue weighted by Crippen LogP contribution is 2.33. The van der Waals surface area contributed by atoms with Crippen LogP contribution in [0.3, 0.4) is 0 Å². The molecule has 1 aliphatic carbocycles. The Bertz CT molecular complexity index is 403. The zero-order chi connectivity index (χ0) is 15.2. The van der Waals surface area contributed by atoms with Crippen LogP contribution >= 0.6 is 0 Å². The van der Waals surface area contributed by atoms with Gasteiger partial charge in [0, 0.05) is 19.1 Å². The Labute approximate surface area is 124 Å². The number of amides is 3. The van der Waals surface area contributed by atoms with Gasteiger partial charge in [0.25, 0.3) is 0 Å². The smallest absolute Gasteiger partial charge is 0.315 e. The van der Waals surface area contributed by atoms with Crippen LogP contribution in [0.2, 0.25) is 0 Å². The zero-order valence-electron chi connectivity index (χ0n) is 12.1. The third-order valence-electron chi connectivity index (χ3n) is 4.01. The highest BCUT2D eigenvalue weighted by molar-refractivity contribution is 5.84. The summed E-state index contributed by atoms with van der Waals surface area (Å²) in [4.78, 5) is 36.2. The van der Waals surface area contributed by atoms with Crippen molar-refractivity contribution < 1.29 is 19.5 Å². The number of hydrogen-bond donors (Lipinski definition) is 3. The minimum atomic E-state index is -0.920. The maximum Gasteiger partial charge on any atom is 0.315 e. The number of carboxylic acid groups (broad SMARTS) is 1. The Morgan fingerprint density at radius 1 is 1.14 bits per heavy atom. The third kappa shape index (κ3) is 5.24. The summed E-state index contributed by atoms with van der Waals surface area (Å²) in [5, 5.41) is 14.0. The summed E-state index contributed by atoms with van der Waals surface area (Å²) in [5.74, 6) is -0.743. The van der Waals surface area contributed by atoms with Gasteiger partial charge in [0.05, 0.1) is 13.0 Å². The van der Waals surface area contributed by atoms with Crippen LogP contribution in [-0.4, -0.2) is 53.6 Å². The number of piperidine rings is 1. The fraction of sp³-hybridized carbons (Fsp3) is 0.786. The molecule has 3 amide bonds. The van der Waals surface area contributed by atoms with Gasteiger partial charge in [0.2, 0.25) is 5.91 Å². The molecule has 118 valence electrons. The quantitative estimate of drug-likeness (QED) is 0.667. The Hall–Kier alpha value is -1.79. The van der Waals surface area contributed by atoms with Crippen molar-refractivity contribution in [1.82, 2.24) is 15.5 Å². The summed E-state index contributed by atoms with van der Waals surface area (Å²) in [5.41, 5.74) is 0. The van der Waals surface area contributed by atoms with Gasteiger partial charge in [0.15, 0.2) is 0 Å². The van der Waals surface area contributed by atoms with E-state index in [-0.39, 0.29) is 30.8 Å². The number of carbonyl (C=O) groups is 3. The van der Waals surface area contributed by atoms with E-state index in [1.54, 1.807) is 4.90 Å². The Morgan fingerprint density at radius 2 is 1.81 bits per heavy atom. The van der Waals surface area contributed by atoms with Crippen LogP contribution in [0.25, 0.3) is 0 Å². The van der Waals surface area contributed by atoms with Crippen LogP contribution in [-0.2, 0) is 9.59 Å². The highest BCUT2D eigenvalue weighted by atomic mass is 16.4. The number of nitrogens with zero attached hydrogens (tertiary/aromatic N) is 1. The van der Waals surface area contributed by atoms with Gasteiger partial charge in [-0.1, -0.05) is 0 Å². The number of likely N-dealkylation sites (tertiary alicyclic amines) is 1. The first kappa shape index (κ1) is 15.6. The van der Waals surface area contributed by atoms with E-state index in [0.717, 1.165) is 45.2 Å². The molecule has 0 aromatic carbocycles. The van der Waals surface area contributed by atoms with Crippen LogP contribution in [0.1, 0.15) is 38.5 Å². The summed E-state index contributed by atoms with van der Waals surface area (Å²) < 4.78 is 0. The van der Waals surface area contributed by atoms with Crippen molar-refractivity contribution >= 4 is 17.9 Å². The third-order valence-corrected chi connectivity index (χ3v) is 4.01. The first-order chi connectivity index (χ1) is 10.1. The van der Waals surface area contributed by atoms with E-state index in [9.17, 15) is 14.4 Å². The van der Waals surface area contributed by atoms with Crippen LogP contribution in [0.5, 0.6) is 0 Å².